The smallest absolute Gasteiger partial charge is 0.309 e. The van der Waals surface area contributed by atoms with E-state index in [0.29, 0.717) is 49.5 Å². The van der Waals surface area contributed by atoms with Gasteiger partial charge in [0.2, 0.25) is 11.6 Å². The molecule has 5 N–H and O–H groups in total. The molecule has 2 aromatic carbocycles. The van der Waals surface area contributed by atoms with Crippen LogP contribution in [-0.4, -0.2) is 64.0 Å². The molecule has 2 aliphatic carbocycles. The first kappa shape index (κ1) is 28.2. The van der Waals surface area contributed by atoms with E-state index in [0.717, 1.165) is 12.6 Å². The number of carbonyl (C=O) groups is 1. The molecule has 3 aliphatic rings. The number of aromatic hydroxyl groups is 1. The second kappa shape index (κ2) is 10.7. The van der Waals surface area contributed by atoms with Crippen LogP contribution in [0.4, 0.5) is 8.78 Å². The molecule has 11 nitrogen and oxygen atoms in total. The predicted molar refractivity (Wildman–Crippen MR) is 150 cm³/mol. The van der Waals surface area contributed by atoms with Crippen LogP contribution in [0.5, 0.6) is 34.6 Å². The molecule has 13 heteroatoms. The number of likely N-dealkylation sites (N-methyl/N-ethyl adjacent to an activating group) is 1. The van der Waals surface area contributed by atoms with Crippen molar-refractivity contribution in [2.45, 2.75) is 31.8 Å². The average Bonchev–Trinajstić information content (AvgIpc) is 3.70. The molecule has 0 radical (unpaired) electrons. The Morgan fingerprint density at radius 3 is 2.67 bits per heavy atom. The van der Waals surface area contributed by atoms with Crippen molar-refractivity contribution in [3.63, 3.8) is 0 Å². The van der Waals surface area contributed by atoms with Gasteiger partial charge in [0.15, 0.2) is 17.3 Å². The number of pyridine rings is 1. The number of aliphatic carboxylic acids is 1. The number of hydrogen-bond acceptors (Lipinski definition) is 9. The Labute approximate surface area is 245 Å². The molecule has 2 bridgehead atoms. The Hall–Kier alpha value is -4.94. The van der Waals surface area contributed by atoms with Crippen molar-refractivity contribution >= 4 is 17.6 Å². The largest absolute Gasteiger partial charge is 0.504 e. The first-order valence-electron chi connectivity index (χ1n) is 13.7. The van der Waals surface area contributed by atoms with Gasteiger partial charge in [0.1, 0.15) is 29.3 Å². The summed E-state index contributed by atoms with van der Waals surface area (Å²) >= 11 is 0. The fourth-order valence-corrected chi connectivity index (χ4v) is 6.06. The van der Waals surface area contributed by atoms with Gasteiger partial charge in [-0.25, -0.2) is 9.37 Å². The minimum atomic E-state index is -1.26. The highest BCUT2D eigenvalue weighted by atomic mass is 19.1. The summed E-state index contributed by atoms with van der Waals surface area (Å²) in [6.45, 7) is 1.14. The number of nitrogens with zero attached hydrogens (tertiary/aromatic N) is 3. The molecular weight excluding hydrogens is 564 g/mol. The number of rotatable bonds is 9. The minimum Gasteiger partial charge on any atom is -0.504 e. The number of amidine groups is 2. The quantitative estimate of drug-likeness (QED) is 0.204. The van der Waals surface area contributed by atoms with Gasteiger partial charge in [-0.05, 0) is 61.6 Å². The van der Waals surface area contributed by atoms with Crippen molar-refractivity contribution in [1.82, 2.24) is 9.88 Å². The van der Waals surface area contributed by atoms with Crippen LogP contribution in [0, 0.1) is 28.4 Å². The van der Waals surface area contributed by atoms with Crippen LogP contribution in [-0.2, 0) is 4.79 Å². The van der Waals surface area contributed by atoms with Gasteiger partial charge in [-0.2, -0.15) is 4.39 Å². The number of aliphatic imine (C=N–C) groups is 1. The maximum atomic E-state index is 15.6. The predicted octanol–water partition coefficient (Wildman–Crippen LogP) is 4.65. The summed E-state index contributed by atoms with van der Waals surface area (Å²) in [5, 5.41) is 27.5. The van der Waals surface area contributed by atoms with Crippen LogP contribution in [0.1, 0.15) is 36.8 Å². The van der Waals surface area contributed by atoms with Crippen molar-refractivity contribution < 1.29 is 38.0 Å². The van der Waals surface area contributed by atoms with E-state index in [1.165, 1.54) is 24.3 Å². The number of carboxylic acids is 1. The van der Waals surface area contributed by atoms with Gasteiger partial charge in [-0.3, -0.25) is 15.2 Å². The molecule has 0 amide bonds. The van der Waals surface area contributed by atoms with E-state index in [1.54, 1.807) is 12.1 Å². The van der Waals surface area contributed by atoms with Crippen LogP contribution in [0.25, 0.3) is 0 Å². The van der Waals surface area contributed by atoms with Crippen molar-refractivity contribution in [1.29, 1.82) is 5.41 Å². The van der Waals surface area contributed by atoms with Crippen LogP contribution in [0.3, 0.4) is 0 Å². The standard InChI is InChI=1S/C30H29F2N5O6/c1-37-9-8-35-27(37)18-11-17(41-23-13-30(29(39)40)7-6-16(23)12-30)3-5-21(18)42-25-19(31)14-36-28(24(25)32)43-22-10-15(26(33)34)2-4-20(22)38/h2-5,10-11,14,16,23,38H,6-9,12-13H2,1H3,(H3,33,34)(H,39,40). The van der Waals surface area contributed by atoms with E-state index in [1.807, 2.05) is 11.9 Å². The van der Waals surface area contributed by atoms with Crippen molar-refractivity contribution in [3.8, 4) is 34.6 Å². The number of nitrogens with two attached hydrogens (primary N) is 1. The van der Waals surface area contributed by atoms with E-state index in [-0.39, 0.29) is 40.7 Å². The normalized spacial score (nSPS) is 22.4. The molecule has 3 atom stereocenters. The summed E-state index contributed by atoms with van der Waals surface area (Å²) in [4.78, 5) is 22.0. The summed E-state index contributed by atoms with van der Waals surface area (Å²) in [5.74, 6) is -4.32. The van der Waals surface area contributed by atoms with Gasteiger partial charge >= 0.3 is 5.97 Å². The molecule has 6 rings (SSSR count). The molecule has 3 unspecified atom stereocenters. The van der Waals surface area contributed by atoms with Gasteiger partial charge in [-0.15, -0.1) is 0 Å². The first-order chi connectivity index (χ1) is 20.5. The van der Waals surface area contributed by atoms with Gasteiger partial charge in [0.05, 0.1) is 23.7 Å². The fraction of sp³-hybridized carbons (Fsp3) is 0.333. The van der Waals surface area contributed by atoms with E-state index in [2.05, 4.69) is 9.98 Å². The fourth-order valence-electron chi connectivity index (χ4n) is 6.06. The van der Waals surface area contributed by atoms with Gasteiger partial charge in [-0.1, -0.05) is 0 Å². The molecule has 2 saturated carbocycles. The van der Waals surface area contributed by atoms with Crippen molar-refractivity contribution in [2.75, 3.05) is 20.1 Å². The highest BCUT2D eigenvalue weighted by molar-refractivity contribution is 6.02. The SMILES string of the molecule is CN1CCN=C1c1cc(OC2CC3(C(=O)O)CCC2C3)ccc1Oc1c(F)cnc(Oc2cc(C(=N)N)ccc2O)c1F. The number of nitrogen functional groups attached to an aromatic ring is 1. The first-order valence-corrected chi connectivity index (χ1v) is 13.7. The molecule has 0 saturated heterocycles. The maximum Gasteiger partial charge on any atom is 0.309 e. The Kier molecular flexibility index (Phi) is 7.03. The number of phenolic OH excluding ortho intramolecular Hbond substituents is 1. The molecular formula is C30H29F2N5O6. The van der Waals surface area contributed by atoms with Crippen molar-refractivity contribution in [3.05, 3.63) is 65.4 Å². The Balaban J connectivity index is 1.31. The minimum absolute atomic E-state index is 0.0890. The number of nitrogens with one attached hydrogen (secondary N) is 1. The number of benzene rings is 2. The average molecular weight is 594 g/mol. The summed E-state index contributed by atoms with van der Waals surface area (Å²) in [6, 6.07) is 8.62. The molecule has 2 fully saturated rings. The molecule has 1 aromatic heterocycles. The lowest BCUT2D eigenvalue weighted by Gasteiger charge is -2.27. The lowest BCUT2D eigenvalue weighted by Crippen LogP contribution is -2.31. The third-order valence-corrected chi connectivity index (χ3v) is 8.34. The summed E-state index contributed by atoms with van der Waals surface area (Å²) < 4.78 is 48.0. The highest BCUT2D eigenvalue weighted by Gasteiger charge is 2.56. The third-order valence-electron chi connectivity index (χ3n) is 8.34. The molecule has 1 aliphatic heterocycles. The number of aromatic nitrogens is 1. The Morgan fingerprint density at radius 2 is 1.98 bits per heavy atom. The molecule has 224 valence electrons. The summed E-state index contributed by atoms with van der Waals surface area (Å²) in [6.07, 6.45) is 2.88. The zero-order chi connectivity index (χ0) is 30.5. The number of ether oxygens (including phenoxy) is 3. The molecule has 43 heavy (non-hydrogen) atoms. The molecule has 3 aromatic rings. The second-order valence-corrected chi connectivity index (χ2v) is 11.1. The van der Waals surface area contributed by atoms with E-state index >= 15 is 4.39 Å². The Bertz CT molecular complexity index is 1670. The third kappa shape index (κ3) is 5.15. The van der Waals surface area contributed by atoms with Crippen LogP contribution < -0.4 is 19.9 Å². The lowest BCUT2D eigenvalue weighted by molar-refractivity contribution is -0.149. The van der Waals surface area contributed by atoms with Gasteiger partial charge in [0, 0.05) is 25.6 Å². The van der Waals surface area contributed by atoms with E-state index in [4.69, 9.17) is 25.4 Å². The van der Waals surface area contributed by atoms with E-state index in [9.17, 15) is 19.4 Å². The zero-order valence-corrected chi connectivity index (χ0v) is 23.1. The number of halogens is 2. The zero-order valence-electron chi connectivity index (χ0n) is 23.1. The maximum absolute atomic E-state index is 15.6. The number of phenols is 1. The van der Waals surface area contributed by atoms with Gasteiger partial charge < -0.3 is 35.1 Å². The molecule has 2 heterocycles. The number of fused-ring (bicyclic) bond motifs is 2. The van der Waals surface area contributed by atoms with Crippen LogP contribution in [0.15, 0.2) is 47.6 Å². The highest BCUT2D eigenvalue weighted by Crippen LogP contribution is 2.55. The number of hydrogen-bond donors (Lipinski definition) is 4. The summed E-state index contributed by atoms with van der Waals surface area (Å²) in [7, 11) is 1.83. The monoisotopic (exact) mass is 593 g/mol. The summed E-state index contributed by atoms with van der Waals surface area (Å²) in [5.41, 5.74) is 5.38. The lowest BCUT2D eigenvalue weighted by atomic mass is 9.83. The number of carboxylic acid groups (broad SMARTS) is 1. The van der Waals surface area contributed by atoms with Gasteiger partial charge in [0.25, 0.3) is 5.88 Å². The second-order valence-electron chi connectivity index (χ2n) is 11.1. The van der Waals surface area contributed by atoms with E-state index < -0.39 is 34.6 Å². The van der Waals surface area contributed by atoms with Crippen LogP contribution in [0.2, 0.25) is 0 Å². The Morgan fingerprint density at radius 1 is 1.16 bits per heavy atom. The van der Waals surface area contributed by atoms with Crippen molar-refractivity contribution in [2.24, 2.45) is 22.1 Å². The van der Waals surface area contributed by atoms with Crippen LogP contribution >= 0.6 is 0 Å². The molecule has 0 spiro atoms. The topological polar surface area (TPSA) is 164 Å².